The Hall–Kier alpha value is -2.71. The van der Waals surface area contributed by atoms with Gasteiger partial charge in [-0.25, -0.2) is 13.8 Å². The predicted molar refractivity (Wildman–Crippen MR) is 123 cm³/mol. The van der Waals surface area contributed by atoms with Crippen molar-refractivity contribution in [1.82, 2.24) is 9.97 Å². The Morgan fingerprint density at radius 3 is 2.81 bits per heavy atom. The van der Waals surface area contributed by atoms with E-state index in [9.17, 15) is 13.6 Å². The van der Waals surface area contributed by atoms with Crippen molar-refractivity contribution in [2.45, 2.75) is 51.5 Å². The summed E-state index contributed by atoms with van der Waals surface area (Å²) in [5.41, 5.74) is 8.16. The van der Waals surface area contributed by atoms with Gasteiger partial charge in [0.25, 0.3) is 5.91 Å². The summed E-state index contributed by atoms with van der Waals surface area (Å²) in [7, 11) is 0. The van der Waals surface area contributed by atoms with Crippen LogP contribution in [-0.4, -0.2) is 21.9 Å². The number of thiazole rings is 1. The molecule has 3 unspecified atom stereocenters. The van der Waals surface area contributed by atoms with Gasteiger partial charge >= 0.3 is 0 Å². The van der Waals surface area contributed by atoms with Crippen molar-refractivity contribution < 1.29 is 13.6 Å². The highest BCUT2D eigenvalue weighted by molar-refractivity contribution is 7.13. The Morgan fingerprint density at radius 2 is 2.06 bits per heavy atom. The minimum atomic E-state index is -0.696. The molecule has 2 aromatic heterocycles. The molecule has 1 aromatic carbocycles. The second-order valence-electron chi connectivity index (χ2n) is 8.47. The number of anilines is 1. The van der Waals surface area contributed by atoms with Crippen molar-refractivity contribution in [3.63, 3.8) is 0 Å². The minimum Gasteiger partial charge on any atom is -0.328 e. The van der Waals surface area contributed by atoms with Crippen LogP contribution >= 0.6 is 11.3 Å². The standard InChI is InChI=1S/C24H26F2N4OS/c1-3-14-4-5-18(25)21(22(14)26)24-30-20(12-32-24)23(31)29-19-11-28-7-6-17(19)15-8-13(2)9-16(27)10-15/h4-7,11-13,15-16H,3,8-10,27H2,1-2H3,(H,29,31). The highest BCUT2D eigenvalue weighted by Gasteiger charge is 2.28. The van der Waals surface area contributed by atoms with E-state index >= 15 is 0 Å². The van der Waals surface area contributed by atoms with Gasteiger partial charge in [0.2, 0.25) is 0 Å². The van der Waals surface area contributed by atoms with Gasteiger partial charge in [-0.3, -0.25) is 9.78 Å². The van der Waals surface area contributed by atoms with Gasteiger partial charge in [-0.05, 0) is 60.8 Å². The lowest BCUT2D eigenvalue weighted by Gasteiger charge is -2.32. The van der Waals surface area contributed by atoms with Gasteiger partial charge in [0, 0.05) is 17.6 Å². The minimum absolute atomic E-state index is 0.106. The monoisotopic (exact) mass is 456 g/mol. The van der Waals surface area contributed by atoms with Crippen molar-refractivity contribution in [3.8, 4) is 10.6 Å². The number of hydrogen-bond acceptors (Lipinski definition) is 5. The largest absolute Gasteiger partial charge is 0.328 e. The molecule has 1 aliphatic rings. The van der Waals surface area contributed by atoms with E-state index < -0.39 is 17.5 Å². The molecule has 8 heteroatoms. The lowest BCUT2D eigenvalue weighted by molar-refractivity contribution is 0.102. The average Bonchev–Trinajstić information content (AvgIpc) is 3.23. The summed E-state index contributed by atoms with van der Waals surface area (Å²) < 4.78 is 29.0. The summed E-state index contributed by atoms with van der Waals surface area (Å²) in [4.78, 5) is 21.3. The molecular weight excluding hydrogens is 430 g/mol. The molecule has 2 heterocycles. The van der Waals surface area contributed by atoms with E-state index in [1.54, 1.807) is 19.3 Å². The molecule has 0 aliphatic heterocycles. The van der Waals surface area contributed by atoms with E-state index in [0.717, 1.165) is 36.2 Å². The zero-order valence-corrected chi connectivity index (χ0v) is 18.9. The maximum atomic E-state index is 14.7. The van der Waals surface area contributed by atoms with Gasteiger partial charge in [0.05, 0.1) is 17.4 Å². The first-order chi connectivity index (χ1) is 15.4. The summed E-state index contributed by atoms with van der Waals surface area (Å²) in [5.74, 6) is -1.03. The molecule has 1 fully saturated rings. The highest BCUT2D eigenvalue weighted by Crippen LogP contribution is 2.38. The average molecular weight is 457 g/mol. The zero-order chi connectivity index (χ0) is 22.8. The highest BCUT2D eigenvalue weighted by atomic mass is 32.1. The van der Waals surface area contributed by atoms with Crippen molar-refractivity contribution in [2.24, 2.45) is 11.7 Å². The van der Waals surface area contributed by atoms with Crippen LogP contribution in [0.2, 0.25) is 0 Å². The van der Waals surface area contributed by atoms with Gasteiger partial charge in [-0.15, -0.1) is 11.3 Å². The molecule has 4 rings (SSSR count). The van der Waals surface area contributed by atoms with Crippen LogP contribution in [0.15, 0.2) is 36.0 Å². The number of aryl methyl sites for hydroxylation is 1. The van der Waals surface area contributed by atoms with Gasteiger partial charge in [0.1, 0.15) is 22.3 Å². The van der Waals surface area contributed by atoms with E-state index in [1.807, 2.05) is 6.07 Å². The Bertz CT molecular complexity index is 1120. The zero-order valence-electron chi connectivity index (χ0n) is 18.1. The number of pyridine rings is 1. The third-order valence-corrected chi connectivity index (χ3v) is 6.88. The molecule has 1 saturated carbocycles. The Morgan fingerprint density at radius 1 is 1.25 bits per heavy atom. The van der Waals surface area contributed by atoms with Gasteiger partial charge in [-0.2, -0.15) is 0 Å². The van der Waals surface area contributed by atoms with Crippen LogP contribution in [0.4, 0.5) is 14.5 Å². The molecule has 0 radical (unpaired) electrons. The summed E-state index contributed by atoms with van der Waals surface area (Å²) in [5, 5.41) is 4.53. The van der Waals surface area contributed by atoms with E-state index in [2.05, 4.69) is 22.2 Å². The molecule has 0 spiro atoms. The maximum Gasteiger partial charge on any atom is 0.275 e. The van der Waals surface area contributed by atoms with Crippen LogP contribution in [-0.2, 0) is 6.42 Å². The van der Waals surface area contributed by atoms with Crippen LogP contribution in [0.3, 0.4) is 0 Å². The molecule has 3 atom stereocenters. The number of rotatable bonds is 5. The summed E-state index contributed by atoms with van der Waals surface area (Å²) in [6.45, 7) is 3.99. The third-order valence-electron chi connectivity index (χ3n) is 6.02. The topological polar surface area (TPSA) is 80.9 Å². The predicted octanol–water partition coefficient (Wildman–Crippen LogP) is 5.53. The Kier molecular flexibility index (Phi) is 6.62. The molecule has 1 amide bonds. The van der Waals surface area contributed by atoms with E-state index in [0.29, 0.717) is 23.6 Å². The number of nitrogens with one attached hydrogen (secondary N) is 1. The SMILES string of the molecule is CCc1ccc(F)c(-c2nc(C(=O)Nc3cnccc3C3CC(C)CC(N)C3)cs2)c1F. The van der Waals surface area contributed by atoms with E-state index in [4.69, 9.17) is 5.73 Å². The molecule has 0 bridgehead atoms. The van der Waals surface area contributed by atoms with Crippen LogP contribution in [0, 0.1) is 17.6 Å². The second-order valence-corrected chi connectivity index (χ2v) is 9.33. The summed E-state index contributed by atoms with van der Waals surface area (Å²) in [6, 6.07) is 4.71. The van der Waals surface area contributed by atoms with Crippen molar-refractivity contribution >= 4 is 22.9 Å². The number of nitrogens with zero attached hydrogens (tertiary/aromatic N) is 2. The number of carbonyl (C=O) groups is 1. The second kappa shape index (κ2) is 9.42. The fourth-order valence-corrected chi connectivity index (χ4v) is 5.36. The Labute approximate surface area is 190 Å². The smallest absolute Gasteiger partial charge is 0.275 e. The first kappa shape index (κ1) is 22.5. The summed E-state index contributed by atoms with van der Waals surface area (Å²) >= 11 is 1.04. The number of benzene rings is 1. The van der Waals surface area contributed by atoms with Crippen LogP contribution in [0.5, 0.6) is 0 Å². The lowest BCUT2D eigenvalue weighted by Crippen LogP contribution is -2.31. The van der Waals surface area contributed by atoms with Crippen LogP contribution < -0.4 is 11.1 Å². The van der Waals surface area contributed by atoms with Crippen molar-refractivity contribution in [1.29, 1.82) is 0 Å². The fourth-order valence-electron chi connectivity index (χ4n) is 4.52. The first-order valence-electron chi connectivity index (χ1n) is 10.8. The van der Waals surface area contributed by atoms with Crippen molar-refractivity contribution in [3.05, 3.63) is 64.4 Å². The normalized spacial score (nSPS) is 20.8. The molecule has 0 saturated heterocycles. The molecular formula is C24H26F2N4OS. The molecule has 3 N–H and O–H groups in total. The van der Waals surface area contributed by atoms with E-state index in [-0.39, 0.29) is 28.2 Å². The number of aromatic nitrogens is 2. The Balaban J connectivity index is 1.58. The van der Waals surface area contributed by atoms with Crippen LogP contribution in [0.25, 0.3) is 10.6 Å². The van der Waals surface area contributed by atoms with Crippen LogP contribution in [0.1, 0.15) is 60.6 Å². The fraction of sp³-hybridized carbons (Fsp3) is 0.375. The van der Waals surface area contributed by atoms with Gasteiger partial charge in [0.15, 0.2) is 0 Å². The number of nitrogens with two attached hydrogens (primary N) is 1. The molecule has 5 nitrogen and oxygen atoms in total. The number of halogens is 2. The number of amides is 1. The summed E-state index contributed by atoms with van der Waals surface area (Å²) in [6.07, 6.45) is 6.61. The molecule has 32 heavy (non-hydrogen) atoms. The van der Waals surface area contributed by atoms with Gasteiger partial charge in [-0.1, -0.05) is 19.9 Å². The number of carbonyl (C=O) groups excluding carboxylic acids is 1. The van der Waals surface area contributed by atoms with E-state index in [1.165, 1.54) is 17.5 Å². The molecule has 1 aliphatic carbocycles. The molecule has 168 valence electrons. The lowest BCUT2D eigenvalue weighted by atomic mass is 9.76. The quantitative estimate of drug-likeness (QED) is 0.529. The first-order valence-corrected chi connectivity index (χ1v) is 11.7. The van der Waals surface area contributed by atoms with Crippen molar-refractivity contribution in [2.75, 3.05) is 5.32 Å². The molecule has 3 aromatic rings. The number of hydrogen-bond donors (Lipinski definition) is 2. The maximum absolute atomic E-state index is 14.7. The third kappa shape index (κ3) is 4.56. The van der Waals surface area contributed by atoms with Gasteiger partial charge < -0.3 is 11.1 Å².